The van der Waals surface area contributed by atoms with E-state index in [1.807, 2.05) is 0 Å². The van der Waals surface area contributed by atoms with Crippen LogP contribution in [0.5, 0.6) is 0 Å². The molecule has 1 aliphatic carbocycles. The molecule has 0 aromatic heterocycles. The van der Waals surface area contributed by atoms with Crippen molar-refractivity contribution in [3.8, 4) is 11.1 Å². The van der Waals surface area contributed by atoms with Gasteiger partial charge in [0.05, 0.1) is 6.10 Å². The van der Waals surface area contributed by atoms with E-state index in [1.165, 1.54) is 22.3 Å². The van der Waals surface area contributed by atoms with E-state index in [-0.39, 0.29) is 6.10 Å². The van der Waals surface area contributed by atoms with Gasteiger partial charge in [0.15, 0.2) is 0 Å². The Morgan fingerprint density at radius 1 is 1.00 bits per heavy atom. The molecule has 0 spiro atoms. The summed E-state index contributed by atoms with van der Waals surface area (Å²) in [5.74, 6) is 0.512. The van der Waals surface area contributed by atoms with Crippen LogP contribution in [0.1, 0.15) is 49.0 Å². The second-order valence-corrected chi connectivity index (χ2v) is 5.67. The van der Waals surface area contributed by atoms with E-state index < -0.39 is 0 Å². The number of aliphatic hydroxyl groups excluding tert-OH is 1. The summed E-state index contributed by atoms with van der Waals surface area (Å²) in [6, 6.07) is 15.0. The van der Waals surface area contributed by atoms with Crippen LogP contribution in [0.25, 0.3) is 11.1 Å². The smallest absolute Gasteiger partial charge is 0.0796 e. The monoisotopic (exact) mass is 252 g/mol. The first-order valence-electron chi connectivity index (χ1n) is 7.07. The van der Waals surface area contributed by atoms with Gasteiger partial charge in [-0.1, -0.05) is 56.3 Å². The Morgan fingerprint density at radius 2 is 1.74 bits per heavy atom. The highest BCUT2D eigenvalue weighted by molar-refractivity contribution is 5.73. The molecule has 19 heavy (non-hydrogen) atoms. The Morgan fingerprint density at radius 3 is 2.53 bits per heavy atom. The molecule has 1 nitrogen and oxygen atoms in total. The molecule has 98 valence electrons. The summed E-state index contributed by atoms with van der Waals surface area (Å²) in [6.07, 6.45) is 1.57. The van der Waals surface area contributed by atoms with Gasteiger partial charge in [0.25, 0.3) is 0 Å². The number of rotatable bonds is 2. The number of benzene rings is 2. The fraction of sp³-hybridized carbons (Fsp3) is 0.333. The Balaban J connectivity index is 2.19. The van der Waals surface area contributed by atoms with Crippen molar-refractivity contribution < 1.29 is 5.11 Å². The summed E-state index contributed by atoms with van der Waals surface area (Å²) in [4.78, 5) is 0. The lowest BCUT2D eigenvalue weighted by Crippen LogP contribution is -1.96. The first-order chi connectivity index (χ1) is 9.18. The standard InChI is InChI=1S/C18H20O/c1-12(2)13-6-3-4-7-14(13)15-8-5-9-17-16(15)10-11-18(17)19/h3-9,12,18-19H,10-11H2,1-2H3. The summed E-state index contributed by atoms with van der Waals surface area (Å²) >= 11 is 0. The van der Waals surface area contributed by atoms with E-state index in [2.05, 4.69) is 56.3 Å². The van der Waals surface area contributed by atoms with Crippen LogP contribution >= 0.6 is 0 Å². The summed E-state index contributed by atoms with van der Waals surface area (Å²) < 4.78 is 0. The lowest BCUT2D eigenvalue weighted by Gasteiger charge is -2.16. The molecule has 2 aromatic carbocycles. The van der Waals surface area contributed by atoms with Gasteiger partial charge in [0.1, 0.15) is 0 Å². The minimum absolute atomic E-state index is 0.277. The van der Waals surface area contributed by atoms with Gasteiger partial charge < -0.3 is 5.11 Å². The molecule has 0 radical (unpaired) electrons. The SMILES string of the molecule is CC(C)c1ccccc1-c1cccc2c1CCC2O. The fourth-order valence-corrected chi connectivity index (χ4v) is 3.13. The van der Waals surface area contributed by atoms with Crippen LogP contribution in [0.4, 0.5) is 0 Å². The van der Waals surface area contributed by atoms with E-state index in [1.54, 1.807) is 0 Å². The zero-order valence-corrected chi connectivity index (χ0v) is 11.6. The molecule has 1 N–H and O–H groups in total. The molecule has 0 heterocycles. The maximum absolute atomic E-state index is 10.0. The average Bonchev–Trinajstić information content (AvgIpc) is 2.81. The lowest BCUT2D eigenvalue weighted by atomic mass is 9.89. The highest BCUT2D eigenvalue weighted by atomic mass is 16.3. The maximum Gasteiger partial charge on any atom is 0.0796 e. The van der Waals surface area contributed by atoms with Crippen molar-refractivity contribution in [1.29, 1.82) is 0 Å². The maximum atomic E-state index is 10.0. The zero-order valence-electron chi connectivity index (χ0n) is 11.6. The van der Waals surface area contributed by atoms with Crippen molar-refractivity contribution in [3.05, 3.63) is 59.2 Å². The number of fused-ring (bicyclic) bond motifs is 1. The van der Waals surface area contributed by atoms with E-state index in [4.69, 9.17) is 0 Å². The van der Waals surface area contributed by atoms with Crippen molar-refractivity contribution in [3.63, 3.8) is 0 Å². The number of aliphatic hydroxyl groups is 1. The molecule has 0 saturated heterocycles. The Labute approximate surface area is 114 Å². The minimum Gasteiger partial charge on any atom is -0.388 e. The number of hydrogen-bond acceptors (Lipinski definition) is 1. The summed E-state index contributed by atoms with van der Waals surface area (Å²) in [5.41, 5.74) is 6.47. The number of hydrogen-bond donors (Lipinski definition) is 1. The third-order valence-corrected chi connectivity index (χ3v) is 4.11. The molecule has 1 unspecified atom stereocenters. The summed E-state index contributed by atoms with van der Waals surface area (Å²) in [7, 11) is 0. The largest absolute Gasteiger partial charge is 0.388 e. The molecule has 0 fully saturated rings. The van der Waals surface area contributed by atoms with Crippen LogP contribution < -0.4 is 0 Å². The van der Waals surface area contributed by atoms with Crippen LogP contribution in [0.15, 0.2) is 42.5 Å². The van der Waals surface area contributed by atoms with Crippen LogP contribution in [0.2, 0.25) is 0 Å². The van der Waals surface area contributed by atoms with Crippen molar-refractivity contribution in [1.82, 2.24) is 0 Å². The van der Waals surface area contributed by atoms with E-state index in [0.29, 0.717) is 5.92 Å². The summed E-state index contributed by atoms with van der Waals surface area (Å²) in [5, 5.41) is 10.0. The van der Waals surface area contributed by atoms with Crippen LogP contribution in [0.3, 0.4) is 0 Å². The van der Waals surface area contributed by atoms with E-state index >= 15 is 0 Å². The Hall–Kier alpha value is -1.60. The van der Waals surface area contributed by atoms with E-state index in [0.717, 1.165) is 18.4 Å². The molecule has 0 bridgehead atoms. The highest BCUT2D eigenvalue weighted by Gasteiger charge is 2.23. The summed E-state index contributed by atoms with van der Waals surface area (Å²) in [6.45, 7) is 4.47. The lowest BCUT2D eigenvalue weighted by molar-refractivity contribution is 0.180. The minimum atomic E-state index is -0.277. The van der Waals surface area contributed by atoms with Crippen LogP contribution in [-0.2, 0) is 6.42 Å². The van der Waals surface area contributed by atoms with Gasteiger partial charge in [0, 0.05) is 0 Å². The van der Waals surface area contributed by atoms with Crippen molar-refractivity contribution in [2.75, 3.05) is 0 Å². The molecule has 0 aliphatic heterocycles. The van der Waals surface area contributed by atoms with Crippen molar-refractivity contribution >= 4 is 0 Å². The molecular weight excluding hydrogens is 232 g/mol. The molecular formula is C18H20O. The van der Waals surface area contributed by atoms with Gasteiger partial charge >= 0.3 is 0 Å². The predicted octanol–water partition coefficient (Wildman–Crippen LogP) is 4.46. The third kappa shape index (κ3) is 2.08. The second-order valence-electron chi connectivity index (χ2n) is 5.67. The first-order valence-corrected chi connectivity index (χ1v) is 7.07. The first kappa shape index (κ1) is 12.4. The van der Waals surface area contributed by atoms with Gasteiger partial charge in [-0.2, -0.15) is 0 Å². The highest BCUT2D eigenvalue weighted by Crippen LogP contribution is 2.39. The van der Waals surface area contributed by atoms with Crippen LogP contribution in [-0.4, -0.2) is 5.11 Å². The van der Waals surface area contributed by atoms with Crippen LogP contribution in [0, 0.1) is 0 Å². The molecule has 2 aromatic rings. The second kappa shape index (κ2) is 4.82. The van der Waals surface area contributed by atoms with Gasteiger partial charge in [-0.3, -0.25) is 0 Å². The Bertz CT molecular complexity index is 598. The normalized spacial score (nSPS) is 17.8. The molecule has 1 atom stereocenters. The zero-order chi connectivity index (χ0) is 13.4. The molecule has 0 saturated carbocycles. The van der Waals surface area contributed by atoms with Gasteiger partial charge in [-0.05, 0) is 46.6 Å². The molecule has 1 heteroatoms. The predicted molar refractivity (Wildman–Crippen MR) is 79.2 cm³/mol. The molecule has 3 rings (SSSR count). The van der Waals surface area contributed by atoms with Crippen molar-refractivity contribution in [2.24, 2.45) is 0 Å². The quantitative estimate of drug-likeness (QED) is 0.836. The Kier molecular flexibility index (Phi) is 3.16. The average molecular weight is 252 g/mol. The van der Waals surface area contributed by atoms with Crippen molar-refractivity contribution in [2.45, 2.75) is 38.7 Å². The topological polar surface area (TPSA) is 20.2 Å². The van der Waals surface area contributed by atoms with E-state index in [9.17, 15) is 5.11 Å². The fourth-order valence-electron chi connectivity index (χ4n) is 3.13. The van der Waals surface area contributed by atoms with Gasteiger partial charge in [0.2, 0.25) is 0 Å². The van der Waals surface area contributed by atoms with Gasteiger partial charge in [-0.15, -0.1) is 0 Å². The molecule has 1 aliphatic rings. The third-order valence-electron chi connectivity index (χ3n) is 4.11. The molecule has 0 amide bonds. The van der Waals surface area contributed by atoms with Gasteiger partial charge in [-0.25, -0.2) is 0 Å².